The lowest BCUT2D eigenvalue weighted by molar-refractivity contribution is 0.803. The molecule has 0 spiro atoms. The van der Waals surface area contributed by atoms with Gasteiger partial charge in [0, 0.05) is 19.8 Å². The van der Waals surface area contributed by atoms with E-state index >= 15 is 0 Å². The van der Waals surface area contributed by atoms with Crippen molar-refractivity contribution < 1.29 is 0 Å². The summed E-state index contributed by atoms with van der Waals surface area (Å²) in [4.78, 5) is 13.8. The molecule has 94 valence electrons. The SMILES string of the molecule is CN(C)c1cnn(-c2ccc(N)cc2)c(=O)c1Cl. The van der Waals surface area contributed by atoms with Gasteiger partial charge in [-0.05, 0) is 24.3 Å². The van der Waals surface area contributed by atoms with Gasteiger partial charge < -0.3 is 10.6 Å². The third-order valence-electron chi connectivity index (χ3n) is 2.52. The Balaban J connectivity index is 2.57. The molecule has 0 aliphatic heterocycles. The lowest BCUT2D eigenvalue weighted by Crippen LogP contribution is -2.24. The van der Waals surface area contributed by atoms with Crippen LogP contribution in [0.5, 0.6) is 0 Å². The molecular formula is C12H13ClN4O. The molecule has 1 aromatic heterocycles. The lowest BCUT2D eigenvalue weighted by Gasteiger charge is -2.14. The van der Waals surface area contributed by atoms with Gasteiger partial charge in [-0.1, -0.05) is 11.6 Å². The molecule has 0 aliphatic rings. The Morgan fingerprint density at radius 2 is 1.89 bits per heavy atom. The standard InChI is InChI=1S/C12H13ClN4O/c1-16(2)10-7-15-17(12(18)11(10)13)9-5-3-8(14)4-6-9/h3-7H,14H2,1-2H3. The largest absolute Gasteiger partial charge is 0.399 e. The maximum Gasteiger partial charge on any atom is 0.292 e. The van der Waals surface area contributed by atoms with Crippen LogP contribution in [0.15, 0.2) is 35.3 Å². The van der Waals surface area contributed by atoms with Crippen molar-refractivity contribution >= 4 is 23.0 Å². The van der Waals surface area contributed by atoms with Gasteiger partial charge >= 0.3 is 0 Å². The normalized spacial score (nSPS) is 10.4. The van der Waals surface area contributed by atoms with Crippen LogP contribution >= 0.6 is 11.6 Å². The highest BCUT2D eigenvalue weighted by molar-refractivity contribution is 6.33. The zero-order valence-corrected chi connectivity index (χ0v) is 10.8. The van der Waals surface area contributed by atoms with Gasteiger partial charge in [0.25, 0.3) is 5.56 Å². The van der Waals surface area contributed by atoms with E-state index in [1.54, 1.807) is 49.5 Å². The fourth-order valence-corrected chi connectivity index (χ4v) is 1.83. The van der Waals surface area contributed by atoms with E-state index in [4.69, 9.17) is 17.3 Å². The van der Waals surface area contributed by atoms with Crippen molar-refractivity contribution in [3.05, 3.63) is 45.8 Å². The fraction of sp³-hybridized carbons (Fsp3) is 0.167. The predicted molar refractivity (Wildman–Crippen MR) is 73.6 cm³/mol. The minimum atomic E-state index is -0.354. The Hall–Kier alpha value is -2.01. The van der Waals surface area contributed by atoms with Gasteiger partial charge in [-0.15, -0.1) is 0 Å². The van der Waals surface area contributed by atoms with Gasteiger partial charge in [0.15, 0.2) is 0 Å². The first-order chi connectivity index (χ1) is 8.50. The number of rotatable bonds is 2. The molecule has 0 unspecified atom stereocenters. The Kier molecular flexibility index (Phi) is 3.25. The number of halogens is 1. The van der Waals surface area contributed by atoms with Crippen LogP contribution in [0.4, 0.5) is 11.4 Å². The number of hydrogen-bond acceptors (Lipinski definition) is 4. The van der Waals surface area contributed by atoms with E-state index in [0.717, 1.165) is 0 Å². The third-order valence-corrected chi connectivity index (χ3v) is 2.88. The molecule has 0 radical (unpaired) electrons. The van der Waals surface area contributed by atoms with Crippen LogP contribution < -0.4 is 16.2 Å². The molecule has 0 atom stereocenters. The van der Waals surface area contributed by atoms with Crippen molar-refractivity contribution in [2.24, 2.45) is 0 Å². The molecule has 2 aromatic rings. The quantitative estimate of drug-likeness (QED) is 0.836. The molecular weight excluding hydrogens is 252 g/mol. The van der Waals surface area contributed by atoms with Crippen molar-refractivity contribution in [2.45, 2.75) is 0 Å². The number of anilines is 2. The second-order valence-electron chi connectivity index (χ2n) is 4.05. The highest BCUT2D eigenvalue weighted by Gasteiger charge is 2.11. The molecule has 0 amide bonds. The summed E-state index contributed by atoms with van der Waals surface area (Å²) in [5, 5.41) is 4.24. The van der Waals surface area contributed by atoms with Crippen LogP contribution in [-0.2, 0) is 0 Å². The molecule has 1 heterocycles. The molecule has 0 aliphatic carbocycles. The highest BCUT2D eigenvalue weighted by atomic mass is 35.5. The van der Waals surface area contributed by atoms with Crippen molar-refractivity contribution in [1.29, 1.82) is 0 Å². The Morgan fingerprint density at radius 1 is 1.28 bits per heavy atom. The summed E-state index contributed by atoms with van der Waals surface area (Å²) in [5.74, 6) is 0. The van der Waals surface area contributed by atoms with Gasteiger partial charge in [0.05, 0.1) is 17.6 Å². The van der Waals surface area contributed by atoms with Crippen LogP contribution in [0.2, 0.25) is 5.02 Å². The van der Waals surface area contributed by atoms with Crippen molar-refractivity contribution in [3.8, 4) is 5.69 Å². The first kappa shape index (κ1) is 12.4. The Labute approximate surface area is 109 Å². The van der Waals surface area contributed by atoms with E-state index in [9.17, 15) is 4.79 Å². The zero-order valence-electron chi connectivity index (χ0n) is 10.1. The van der Waals surface area contributed by atoms with Crippen LogP contribution in [0.25, 0.3) is 5.69 Å². The fourth-order valence-electron chi connectivity index (χ4n) is 1.54. The molecule has 0 bridgehead atoms. The maximum absolute atomic E-state index is 12.1. The van der Waals surface area contributed by atoms with Crippen LogP contribution in [0, 0.1) is 0 Å². The van der Waals surface area contributed by atoms with Gasteiger partial charge in [0.2, 0.25) is 0 Å². The zero-order chi connectivity index (χ0) is 13.3. The molecule has 0 saturated heterocycles. The van der Waals surface area contributed by atoms with Crippen LogP contribution in [0.3, 0.4) is 0 Å². The number of nitrogens with zero attached hydrogens (tertiary/aromatic N) is 3. The first-order valence-corrected chi connectivity index (χ1v) is 5.69. The van der Waals surface area contributed by atoms with Gasteiger partial charge in [-0.25, -0.2) is 0 Å². The summed E-state index contributed by atoms with van der Waals surface area (Å²) in [6.45, 7) is 0. The molecule has 6 heteroatoms. The number of benzene rings is 1. The number of nitrogen functional groups attached to an aromatic ring is 1. The van der Waals surface area contributed by atoms with Crippen molar-refractivity contribution in [3.63, 3.8) is 0 Å². The molecule has 0 saturated carbocycles. The summed E-state index contributed by atoms with van der Waals surface area (Å²) in [6, 6.07) is 6.85. The van der Waals surface area contributed by atoms with E-state index in [2.05, 4.69) is 5.10 Å². The first-order valence-electron chi connectivity index (χ1n) is 5.32. The average molecular weight is 265 g/mol. The molecule has 0 fully saturated rings. The summed E-state index contributed by atoms with van der Waals surface area (Å²) >= 11 is 6.03. The predicted octanol–water partition coefficient (Wildman–Crippen LogP) is 1.53. The molecule has 2 rings (SSSR count). The van der Waals surface area contributed by atoms with E-state index in [-0.39, 0.29) is 10.6 Å². The summed E-state index contributed by atoms with van der Waals surface area (Å²) in [5.41, 5.74) is 7.09. The minimum Gasteiger partial charge on any atom is -0.399 e. The Morgan fingerprint density at radius 3 is 2.44 bits per heavy atom. The lowest BCUT2D eigenvalue weighted by atomic mass is 10.3. The monoisotopic (exact) mass is 264 g/mol. The summed E-state index contributed by atoms with van der Waals surface area (Å²) in [6.07, 6.45) is 1.56. The smallest absolute Gasteiger partial charge is 0.292 e. The van der Waals surface area contributed by atoms with Gasteiger partial charge in [0.1, 0.15) is 5.02 Å². The minimum absolute atomic E-state index is 0.145. The van der Waals surface area contributed by atoms with Crippen LogP contribution in [0.1, 0.15) is 0 Å². The van der Waals surface area contributed by atoms with Crippen LogP contribution in [-0.4, -0.2) is 23.9 Å². The second kappa shape index (κ2) is 4.70. The van der Waals surface area contributed by atoms with Crippen molar-refractivity contribution in [1.82, 2.24) is 9.78 Å². The second-order valence-corrected chi connectivity index (χ2v) is 4.42. The molecule has 18 heavy (non-hydrogen) atoms. The summed E-state index contributed by atoms with van der Waals surface area (Å²) in [7, 11) is 3.60. The Bertz CT molecular complexity index is 619. The maximum atomic E-state index is 12.1. The number of hydrogen-bond donors (Lipinski definition) is 1. The third kappa shape index (κ3) is 2.17. The van der Waals surface area contributed by atoms with Crippen molar-refractivity contribution in [2.75, 3.05) is 24.7 Å². The molecule has 2 N–H and O–H groups in total. The molecule has 1 aromatic carbocycles. The number of aromatic nitrogens is 2. The van der Waals surface area contributed by atoms with E-state index in [1.807, 2.05) is 0 Å². The van der Waals surface area contributed by atoms with Gasteiger partial charge in [-0.3, -0.25) is 4.79 Å². The average Bonchev–Trinajstić information content (AvgIpc) is 2.33. The van der Waals surface area contributed by atoms with E-state index in [1.165, 1.54) is 4.68 Å². The highest BCUT2D eigenvalue weighted by Crippen LogP contribution is 2.19. The van der Waals surface area contributed by atoms with Gasteiger partial charge in [-0.2, -0.15) is 9.78 Å². The van der Waals surface area contributed by atoms with E-state index in [0.29, 0.717) is 17.1 Å². The summed E-state index contributed by atoms with van der Waals surface area (Å²) < 4.78 is 1.24. The van der Waals surface area contributed by atoms with E-state index < -0.39 is 0 Å². The number of nitrogens with two attached hydrogens (primary N) is 1. The molecule has 5 nitrogen and oxygen atoms in total. The topological polar surface area (TPSA) is 64.2 Å².